The van der Waals surface area contributed by atoms with Crippen molar-refractivity contribution in [2.75, 3.05) is 5.75 Å². The summed E-state index contributed by atoms with van der Waals surface area (Å²) in [6, 6.07) is 9.10. The number of halogens is 1. The fourth-order valence-corrected chi connectivity index (χ4v) is 2.64. The van der Waals surface area contributed by atoms with Gasteiger partial charge in [0.1, 0.15) is 16.7 Å². The highest BCUT2D eigenvalue weighted by Crippen LogP contribution is 2.29. The van der Waals surface area contributed by atoms with Crippen molar-refractivity contribution in [2.24, 2.45) is 0 Å². The Labute approximate surface area is 130 Å². The number of carbonyl (C=O) groups is 1. The Morgan fingerprint density at radius 1 is 1.43 bits per heavy atom. The lowest BCUT2D eigenvalue weighted by molar-refractivity contribution is -0.133. The van der Waals surface area contributed by atoms with Crippen LogP contribution in [0.25, 0.3) is 11.4 Å². The van der Waals surface area contributed by atoms with Crippen LogP contribution in [-0.4, -0.2) is 26.8 Å². The van der Waals surface area contributed by atoms with Crippen LogP contribution >= 0.6 is 23.4 Å². The molecule has 1 N–H and O–H groups in total. The van der Waals surface area contributed by atoms with E-state index in [0.29, 0.717) is 27.1 Å². The summed E-state index contributed by atoms with van der Waals surface area (Å²) in [4.78, 5) is 19.3. The van der Waals surface area contributed by atoms with Gasteiger partial charge in [0.2, 0.25) is 0 Å². The lowest BCUT2D eigenvalue weighted by atomic mass is 10.2. The zero-order valence-corrected chi connectivity index (χ0v) is 12.6. The second-order valence-electron chi connectivity index (χ2n) is 4.09. The number of carboxylic acid groups (broad SMARTS) is 1. The largest absolute Gasteiger partial charge is 0.481 e. The number of hydrogen-bond acceptors (Lipinski definition) is 5. The number of carboxylic acids is 1. The summed E-state index contributed by atoms with van der Waals surface area (Å²) >= 11 is 7.11. The van der Waals surface area contributed by atoms with Gasteiger partial charge in [-0.2, -0.15) is 5.26 Å². The number of aromatic nitrogens is 2. The number of aryl methyl sites for hydroxylation is 1. The van der Waals surface area contributed by atoms with Gasteiger partial charge in [-0.15, -0.1) is 0 Å². The summed E-state index contributed by atoms with van der Waals surface area (Å²) in [7, 11) is 0. The number of nitriles is 1. The normalized spacial score (nSPS) is 10.1. The zero-order valence-electron chi connectivity index (χ0n) is 11.0. The molecule has 1 aromatic carbocycles. The van der Waals surface area contributed by atoms with Gasteiger partial charge in [-0.1, -0.05) is 35.5 Å². The van der Waals surface area contributed by atoms with Crippen molar-refractivity contribution < 1.29 is 9.90 Å². The highest BCUT2D eigenvalue weighted by Gasteiger charge is 2.15. The first-order valence-corrected chi connectivity index (χ1v) is 7.27. The molecular formula is C14H10ClN3O2S. The van der Waals surface area contributed by atoms with Crippen LogP contribution < -0.4 is 0 Å². The molecule has 2 rings (SSSR count). The monoisotopic (exact) mass is 319 g/mol. The van der Waals surface area contributed by atoms with E-state index < -0.39 is 5.97 Å². The maximum atomic E-state index is 10.7. The van der Waals surface area contributed by atoms with Gasteiger partial charge in [0, 0.05) is 5.56 Å². The van der Waals surface area contributed by atoms with Crippen molar-refractivity contribution in [2.45, 2.75) is 11.9 Å². The van der Waals surface area contributed by atoms with Gasteiger partial charge in [-0.25, -0.2) is 9.97 Å². The Morgan fingerprint density at radius 2 is 2.14 bits per heavy atom. The van der Waals surface area contributed by atoms with E-state index in [9.17, 15) is 4.79 Å². The highest BCUT2D eigenvalue weighted by molar-refractivity contribution is 7.99. The van der Waals surface area contributed by atoms with Crippen LogP contribution in [0.5, 0.6) is 0 Å². The summed E-state index contributed by atoms with van der Waals surface area (Å²) in [5, 5.41) is 18.8. The molecule has 0 saturated carbocycles. The van der Waals surface area contributed by atoms with Crippen molar-refractivity contribution in [1.82, 2.24) is 9.97 Å². The Morgan fingerprint density at radius 3 is 2.76 bits per heavy atom. The molecule has 0 bridgehead atoms. The predicted octanol–water partition coefficient (Wildman–Crippen LogP) is 3.15. The molecule has 0 fully saturated rings. The lowest BCUT2D eigenvalue weighted by Gasteiger charge is -2.08. The summed E-state index contributed by atoms with van der Waals surface area (Å²) in [6.45, 7) is 1.69. The van der Waals surface area contributed by atoms with Crippen molar-refractivity contribution in [3.8, 4) is 17.5 Å². The quantitative estimate of drug-likeness (QED) is 0.688. The molecule has 0 saturated heterocycles. The van der Waals surface area contributed by atoms with E-state index in [0.717, 1.165) is 11.8 Å². The van der Waals surface area contributed by atoms with Gasteiger partial charge in [-0.05, 0) is 19.1 Å². The third kappa shape index (κ3) is 3.51. The number of hydrogen-bond donors (Lipinski definition) is 1. The molecule has 0 aliphatic carbocycles. The van der Waals surface area contributed by atoms with Crippen molar-refractivity contribution in [3.05, 3.63) is 40.5 Å². The molecule has 0 radical (unpaired) electrons. The predicted molar refractivity (Wildman–Crippen MR) is 80.3 cm³/mol. The highest BCUT2D eigenvalue weighted by atomic mass is 35.5. The van der Waals surface area contributed by atoms with Crippen molar-refractivity contribution in [1.29, 1.82) is 5.26 Å². The van der Waals surface area contributed by atoms with Gasteiger partial charge < -0.3 is 5.11 Å². The van der Waals surface area contributed by atoms with Crippen molar-refractivity contribution in [3.63, 3.8) is 0 Å². The molecule has 106 valence electrons. The third-order valence-electron chi connectivity index (χ3n) is 2.62. The standard InChI is InChI=1S/C14H10ClN3O2S/c1-8-10(6-16)14(21-7-12(19)20)18-13(17-8)9-4-2-3-5-11(9)15/h2-5H,7H2,1H3,(H,19,20). The molecule has 7 heteroatoms. The second-order valence-corrected chi connectivity index (χ2v) is 5.46. The minimum Gasteiger partial charge on any atom is -0.481 e. The van der Waals surface area contributed by atoms with Gasteiger partial charge in [0.25, 0.3) is 0 Å². The first-order valence-electron chi connectivity index (χ1n) is 5.91. The van der Waals surface area contributed by atoms with Crippen LogP contribution in [-0.2, 0) is 4.79 Å². The number of benzene rings is 1. The zero-order chi connectivity index (χ0) is 15.4. The molecular weight excluding hydrogens is 310 g/mol. The number of aliphatic carboxylic acids is 1. The number of thioether (sulfide) groups is 1. The first kappa shape index (κ1) is 15.3. The Balaban J connectivity index is 2.52. The van der Waals surface area contributed by atoms with Crippen molar-refractivity contribution >= 4 is 29.3 Å². The summed E-state index contributed by atoms with van der Waals surface area (Å²) in [5.41, 5.74) is 1.43. The molecule has 0 atom stereocenters. The summed E-state index contributed by atoms with van der Waals surface area (Å²) < 4.78 is 0. The molecule has 0 unspecified atom stereocenters. The second kappa shape index (κ2) is 6.57. The van der Waals surface area contributed by atoms with Crippen LogP contribution in [0.15, 0.2) is 29.3 Å². The van der Waals surface area contributed by atoms with E-state index in [1.165, 1.54) is 0 Å². The molecule has 21 heavy (non-hydrogen) atoms. The van der Waals surface area contributed by atoms with Crippen LogP contribution in [0.3, 0.4) is 0 Å². The smallest absolute Gasteiger partial charge is 0.313 e. The van der Waals surface area contributed by atoms with Gasteiger partial charge in [-0.3, -0.25) is 4.79 Å². The van der Waals surface area contributed by atoms with Gasteiger partial charge in [0.05, 0.1) is 16.5 Å². The molecule has 1 heterocycles. The third-order valence-corrected chi connectivity index (χ3v) is 3.91. The van der Waals surface area contributed by atoms with Crippen LogP contribution in [0.4, 0.5) is 0 Å². The van der Waals surface area contributed by atoms with E-state index in [1.54, 1.807) is 25.1 Å². The number of rotatable bonds is 4. The maximum Gasteiger partial charge on any atom is 0.313 e. The van der Waals surface area contributed by atoms with Crippen LogP contribution in [0.1, 0.15) is 11.3 Å². The lowest BCUT2D eigenvalue weighted by Crippen LogP contribution is -2.03. The Kier molecular flexibility index (Phi) is 4.78. The van der Waals surface area contributed by atoms with Crippen LogP contribution in [0, 0.1) is 18.3 Å². The molecule has 0 aliphatic rings. The maximum absolute atomic E-state index is 10.7. The molecule has 1 aromatic heterocycles. The number of nitrogens with zero attached hydrogens (tertiary/aromatic N) is 3. The van der Waals surface area contributed by atoms with E-state index in [1.807, 2.05) is 12.1 Å². The topological polar surface area (TPSA) is 86.9 Å². The average molecular weight is 320 g/mol. The SMILES string of the molecule is Cc1nc(-c2ccccc2Cl)nc(SCC(=O)O)c1C#N. The van der Waals surface area contributed by atoms with E-state index in [4.69, 9.17) is 22.0 Å². The minimum atomic E-state index is -0.973. The summed E-state index contributed by atoms with van der Waals surface area (Å²) in [6.07, 6.45) is 0. The Hall–Kier alpha value is -2.10. The van der Waals surface area contributed by atoms with Gasteiger partial charge >= 0.3 is 5.97 Å². The van der Waals surface area contributed by atoms with E-state index in [-0.39, 0.29) is 11.3 Å². The molecule has 0 spiro atoms. The van der Waals surface area contributed by atoms with E-state index in [2.05, 4.69) is 9.97 Å². The fourth-order valence-electron chi connectivity index (χ4n) is 1.67. The molecule has 0 aliphatic heterocycles. The minimum absolute atomic E-state index is 0.174. The summed E-state index contributed by atoms with van der Waals surface area (Å²) in [5.74, 6) is -0.767. The average Bonchev–Trinajstić information content (AvgIpc) is 2.45. The Bertz CT molecular complexity index is 743. The first-order chi connectivity index (χ1) is 10.0. The fraction of sp³-hybridized carbons (Fsp3) is 0.143. The van der Waals surface area contributed by atoms with E-state index >= 15 is 0 Å². The molecule has 0 amide bonds. The molecule has 2 aromatic rings. The van der Waals surface area contributed by atoms with Gasteiger partial charge in [0.15, 0.2) is 5.82 Å². The van der Waals surface area contributed by atoms with Crippen LogP contribution in [0.2, 0.25) is 5.02 Å². The molecule has 5 nitrogen and oxygen atoms in total.